The third-order valence-corrected chi connectivity index (χ3v) is 2.41. The number of hydrogen-bond donors (Lipinski definition) is 1. The van der Waals surface area contributed by atoms with Crippen LogP contribution < -0.4 is 5.73 Å². The van der Waals surface area contributed by atoms with Crippen LogP contribution in [0.1, 0.15) is 40.0 Å². The van der Waals surface area contributed by atoms with Crippen molar-refractivity contribution in [2.45, 2.75) is 52.1 Å². The summed E-state index contributed by atoms with van der Waals surface area (Å²) in [6, 6.07) is 1.38. The third-order valence-electron chi connectivity index (χ3n) is 2.41. The molecule has 0 spiro atoms. The molecule has 0 heterocycles. The lowest BCUT2D eigenvalue weighted by Gasteiger charge is -2.13. The molecule has 2 nitrogen and oxygen atoms in total. The maximum absolute atomic E-state index is 5.80. The molecule has 1 saturated carbocycles. The van der Waals surface area contributed by atoms with Crippen molar-refractivity contribution >= 4 is 5.84 Å². The molecule has 0 aromatic rings. The van der Waals surface area contributed by atoms with Crippen molar-refractivity contribution in [2.75, 3.05) is 0 Å². The van der Waals surface area contributed by atoms with Gasteiger partial charge in [0.05, 0.1) is 12.1 Å². The zero-order valence-corrected chi connectivity index (χ0v) is 7.80. The van der Waals surface area contributed by atoms with Gasteiger partial charge in [-0.05, 0) is 26.2 Å². The highest BCUT2D eigenvalue weighted by Gasteiger charge is 2.32. The van der Waals surface area contributed by atoms with Crippen LogP contribution in [-0.2, 0) is 0 Å². The third kappa shape index (κ3) is 1.95. The smallest absolute Gasteiger partial charge is 0.239 e. The predicted octanol–water partition coefficient (Wildman–Crippen LogP) is 1.34. The summed E-state index contributed by atoms with van der Waals surface area (Å²) in [5, 5.41) is 0. The zero-order chi connectivity index (χ0) is 8.43. The molecule has 1 fully saturated rings. The van der Waals surface area contributed by atoms with E-state index in [-0.39, 0.29) is 0 Å². The van der Waals surface area contributed by atoms with Crippen LogP contribution in [0.25, 0.3) is 0 Å². The molecule has 1 aliphatic carbocycles. The largest absolute Gasteiger partial charge is 0.291 e. The second kappa shape index (κ2) is 3.24. The number of amidine groups is 1. The van der Waals surface area contributed by atoms with Gasteiger partial charge in [0.1, 0.15) is 0 Å². The molecule has 2 heteroatoms. The van der Waals surface area contributed by atoms with E-state index in [1.807, 2.05) is 6.92 Å². The van der Waals surface area contributed by atoms with E-state index in [0.29, 0.717) is 6.04 Å². The monoisotopic (exact) mass is 155 g/mol. The van der Waals surface area contributed by atoms with E-state index >= 15 is 0 Å². The van der Waals surface area contributed by atoms with Gasteiger partial charge in [-0.25, -0.2) is 0 Å². The van der Waals surface area contributed by atoms with Gasteiger partial charge in [-0.1, -0.05) is 6.92 Å². The highest BCUT2D eigenvalue weighted by Crippen LogP contribution is 2.25. The minimum atomic E-state index is 0.618. The van der Waals surface area contributed by atoms with Crippen LogP contribution in [0.3, 0.4) is 0 Å². The van der Waals surface area contributed by atoms with Crippen LogP contribution in [0, 0.1) is 0 Å². The van der Waals surface area contributed by atoms with Crippen molar-refractivity contribution in [1.82, 2.24) is 0 Å². The lowest BCUT2D eigenvalue weighted by Crippen LogP contribution is -2.34. The van der Waals surface area contributed by atoms with Gasteiger partial charge in [0, 0.05) is 6.92 Å². The van der Waals surface area contributed by atoms with E-state index in [2.05, 4.69) is 18.4 Å². The molecular formula is C9H19N2+. The van der Waals surface area contributed by atoms with E-state index in [0.717, 1.165) is 11.9 Å². The molecule has 0 aromatic carbocycles. The molecule has 1 rings (SSSR count). The fourth-order valence-corrected chi connectivity index (χ4v) is 1.54. The molecule has 2 N–H and O–H groups in total. The molecule has 0 bridgehead atoms. The zero-order valence-electron chi connectivity index (χ0n) is 7.80. The summed E-state index contributed by atoms with van der Waals surface area (Å²) in [5.74, 6) is 0.988. The molecule has 0 aromatic heterocycles. The number of nitrogens with two attached hydrogens (primary N) is 1. The number of nitrogens with zero attached hydrogens (tertiary/aromatic N) is 1. The van der Waals surface area contributed by atoms with Crippen molar-refractivity contribution in [3.63, 3.8) is 0 Å². The molecule has 0 amide bonds. The Labute approximate surface area is 69.1 Å². The Morgan fingerprint density at radius 3 is 2.45 bits per heavy atom. The van der Waals surface area contributed by atoms with Crippen LogP contribution in [0.4, 0.5) is 0 Å². The maximum Gasteiger partial charge on any atom is 0.239 e. The van der Waals surface area contributed by atoms with E-state index in [1.54, 1.807) is 0 Å². The maximum atomic E-state index is 5.80. The average Bonchev–Trinajstić information content (AvgIpc) is 2.71. The average molecular weight is 155 g/mol. The first kappa shape index (κ1) is 8.57. The van der Waals surface area contributed by atoms with Crippen molar-refractivity contribution in [3.05, 3.63) is 0 Å². The Morgan fingerprint density at radius 2 is 2.18 bits per heavy atom. The molecule has 1 atom stereocenters. The minimum Gasteiger partial charge on any atom is -0.291 e. The Bertz CT molecular complexity index is 164. The lowest BCUT2D eigenvalue weighted by atomic mass is 10.2. The molecule has 0 radical (unpaired) electrons. The summed E-state index contributed by atoms with van der Waals surface area (Å²) in [4.78, 5) is 0. The van der Waals surface area contributed by atoms with Gasteiger partial charge < -0.3 is 0 Å². The summed E-state index contributed by atoms with van der Waals surface area (Å²) in [5.41, 5.74) is 5.80. The summed E-state index contributed by atoms with van der Waals surface area (Å²) in [7, 11) is 0. The Morgan fingerprint density at radius 1 is 1.64 bits per heavy atom. The summed E-state index contributed by atoms with van der Waals surface area (Å²) in [6.07, 6.45) is 3.85. The second-order valence-corrected chi connectivity index (χ2v) is 3.54. The molecule has 0 aliphatic heterocycles. The van der Waals surface area contributed by atoms with Crippen LogP contribution in [0.15, 0.2) is 0 Å². The predicted molar refractivity (Wildman–Crippen MR) is 47.9 cm³/mol. The van der Waals surface area contributed by atoms with E-state index in [9.17, 15) is 0 Å². The van der Waals surface area contributed by atoms with Crippen LogP contribution >= 0.6 is 0 Å². The van der Waals surface area contributed by atoms with Crippen molar-refractivity contribution < 1.29 is 4.58 Å². The first-order valence-electron chi connectivity index (χ1n) is 4.54. The standard InChI is InChI=1S/C9H18N2/c1-4-7(2)11(8(3)10)9-5-6-9/h7,9-10H,4-6H2,1-3H3/p+1. The van der Waals surface area contributed by atoms with Crippen LogP contribution in [0.5, 0.6) is 0 Å². The van der Waals surface area contributed by atoms with Gasteiger partial charge in [-0.2, -0.15) is 0 Å². The van der Waals surface area contributed by atoms with Gasteiger partial charge in [-0.3, -0.25) is 10.3 Å². The Hall–Kier alpha value is -0.530. The van der Waals surface area contributed by atoms with Gasteiger partial charge >= 0.3 is 0 Å². The van der Waals surface area contributed by atoms with E-state index < -0.39 is 0 Å². The Balaban J connectivity index is 2.66. The summed E-state index contributed by atoms with van der Waals surface area (Å²) < 4.78 is 2.36. The van der Waals surface area contributed by atoms with Crippen LogP contribution in [-0.4, -0.2) is 22.5 Å². The molecule has 1 aliphatic rings. The van der Waals surface area contributed by atoms with Crippen molar-refractivity contribution in [1.29, 1.82) is 0 Å². The van der Waals surface area contributed by atoms with Crippen molar-refractivity contribution in [3.8, 4) is 0 Å². The molecular weight excluding hydrogens is 136 g/mol. The summed E-state index contributed by atoms with van der Waals surface area (Å²) >= 11 is 0. The number of rotatable bonds is 3. The van der Waals surface area contributed by atoms with Gasteiger partial charge in [0.25, 0.3) is 0 Å². The Kier molecular flexibility index (Phi) is 2.53. The fraction of sp³-hybridized carbons (Fsp3) is 0.889. The molecule has 11 heavy (non-hydrogen) atoms. The lowest BCUT2D eigenvalue weighted by molar-refractivity contribution is -0.577. The second-order valence-electron chi connectivity index (χ2n) is 3.54. The molecule has 0 saturated heterocycles. The molecule has 1 unspecified atom stereocenters. The normalized spacial score (nSPS) is 22.8. The van der Waals surface area contributed by atoms with Gasteiger partial charge in [-0.15, -0.1) is 0 Å². The van der Waals surface area contributed by atoms with Crippen LogP contribution in [0.2, 0.25) is 0 Å². The molecule has 64 valence electrons. The summed E-state index contributed by atoms with van der Waals surface area (Å²) in [6.45, 7) is 6.46. The quantitative estimate of drug-likeness (QED) is 0.372. The highest BCUT2D eigenvalue weighted by molar-refractivity contribution is 5.72. The first-order chi connectivity index (χ1) is 5.16. The van der Waals surface area contributed by atoms with E-state index in [4.69, 9.17) is 5.73 Å². The fourth-order valence-electron chi connectivity index (χ4n) is 1.54. The number of hydrogen-bond acceptors (Lipinski definition) is 0. The topological polar surface area (TPSA) is 29.0 Å². The highest BCUT2D eigenvalue weighted by atomic mass is 15.1. The SMILES string of the molecule is CCC(C)[N+](=C(C)N)C1CC1. The van der Waals surface area contributed by atoms with Gasteiger partial charge in [0.15, 0.2) is 0 Å². The minimum absolute atomic E-state index is 0.618. The van der Waals surface area contributed by atoms with E-state index in [1.165, 1.54) is 19.3 Å². The van der Waals surface area contributed by atoms with Gasteiger partial charge in [0.2, 0.25) is 5.84 Å². The van der Waals surface area contributed by atoms with Crippen molar-refractivity contribution in [2.24, 2.45) is 5.73 Å². The first-order valence-corrected chi connectivity index (χ1v) is 4.54.